The van der Waals surface area contributed by atoms with E-state index in [-0.39, 0.29) is 23.8 Å². The predicted molar refractivity (Wildman–Crippen MR) is 137 cm³/mol. The quantitative estimate of drug-likeness (QED) is 0.338. The molecule has 3 atom stereocenters. The molecule has 2 aromatic carbocycles. The average Bonchev–Trinajstić information content (AvgIpc) is 3.31. The Hall–Kier alpha value is -3.60. The van der Waals surface area contributed by atoms with Crippen LogP contribution in [0.25, 0.3) is 10.9 Å². The SMILES string of the molecule is Cn1cc([C@H](c2ccc(Cl)c(F)c2)c2nc(N[C@@H]3CCO[C@H](CO)C3)nc3cc(C(N)=O)ccc23)cn1. The first-order valence-corrected chi connectivity index (χ1v) is 12.2. The van der Waals surface area contributed by atoms with Crippen molar-refractivity contribution in [3.8, 4) is 0 Å². The Morgan fingerprint density at radius 2 is 2.14 bits per heavy atom. The molecule has 0 unspecified atom stereocenters. The van der Waals surface area contributed by atoms with E-state index in [0.717, 1.165) is 5.56 Å². The van der Waals surface area contributed by atoms with E-state index >= 15 is 0 Å². The number of aryl methyl sites for hydroxylation is 1. The number of amides is 1. The molecule has 1 amide bonds. The molecule has 0 aliphatic carbocycles. The summed E-state index contributed by atoms with van der Waals surface area (Å²) in [5, 5.41) is 17.9. The Labute approximate surface area is 217 Å². The molecule has 4 N–H and O–H groups in total. The lowest BCUT2D eigenvalue weighted by Gasteiger charge is -2.29. The molecule has 1 fully saturated rings. The van der Waals surface area contributed by atoms with Gasteiger partial charge in [0.1, 0.15) is 5.82 Å². The van der Waals surface area contributed by atoms with Crippen LogP contribution in [-0.2, 0) is 11.8 Å². The molecule has 192 valence electrons. The topological polar surface area (TPSA) is 128 Å². The molecule has 11 heteroatoms. The van der Waals surface area contributed by atoms with Crippen molar-refractivity contribution >= 4 is 34.4 Å². The van der Waals surface area contributed by atoms with Crippen LogP contribution in [0.2, 0.25) is 5.02 Å². The highest BCUT2D eigenvalue weighted by Crippen LogP contribution is 2.36. The molecule has 5 rings (SSSR count). The van der Waals surface area contributed by atoms with Gasteiger partial charge in [-0.2, -0.15) is 5.10 Å². The molecular formula is C26H26ClFN6O3. The number of nitrogens with one attached hydrogen (secondary N) is 1. The molecule has 1 aliphatic rings. The second kappa shape index (κ2) is 10.4. The number of hydrogen-bond donors (Lipinski definition) is 3. The summed E-state index contributed by atoms with van der Waals surface area (Å²) in [6, 6.07) is 9.63. The first-order valence-electron chi connectivity index (χ1n) is 11.9. The molecule has 1 aliphatic heterocycles. The van der Waals surface area contributed by atoms with E-state index in [9.17, 15) is 14.3 Å². The number of aromatic nitrogens is 4. The maximum atomic E-state index is 14.6. The van der Waals surface area contributed by atoms with Crippen LogP contribution in [0.5, 0.6) is 0 Å². The third-order valence-electron chi connectivity index (χ3n) is 6.52. The minimum absolute atomic E-state index is 0.0210. The van der Waals surface area contributed by atoms with Gasteiger partial charge >= 0.3 is 0 Å². The largest absolute Gasteiger partial charge is 0.394 e. The zero-order valence-electron chi connectivity index (χ0n) is 20.1. The van der Waals surface area contributed by atoms with Crippen LogP contribution in [0.3, 0.4) is 0 Å². The second-order valence-corrected chi connectivity index (χ2v) is 9.53. The minimum atomic E-state index is -0.574. The lowest BCUT2D eigenvalue weighted by atomic mass is 9.88. The van der Waals surface area contributed by atoms with E-state index in [1.54, 1.807) is 42.2 Å². The average molecular weight is 525 g/mol. The summed E-state index contributed by atoms with van der Waals surface area (Å²) in [5.74, 6) is -1.28. The number of nitrogens with zero attached hydrogens (tertiary/aromatic N) is 4. The fourth-order valence-electron chi connectivity index (χ4n) is 4.70. The number of aliphatic hydroxyl groups is 1. The highest BCUT2D eigenvalue weighted by atomic mass is 35.5. The molecule has 0 saturated carbocycles. The van der Waals surface area contributed by atoms with Gasteiger partial charge in [0.05, 0.1) is 41.1 Å². The van der Waals surface area contributed by atoms with E-state index in [0.29, 0.717) is 53.1 Å². The number of ether oxygens (including phenoxy) is 1. The molecule has 37 heavy (non-hydrogen) atoms. The zero-order chi connectivity index (χ0) is 26.1. The highest BCUT2D eigenvalue weighted by Gasteiger charge is 2.27. The predicted octanol–water partition coefficient (Wildman–Crippen LogP) is 3.39. The number of carbonyl (C=O) groups is 1. The van der Waals surface area contributed by atoms with Crippen molar-refractivity contribution in [3.05, 3.63) is 82.0 Å². The van der Waals surface area contributed by atoms with Crippen molar-refractivity contribution in [1.29, 1.82) is 0 Å². The van der Waals surface area contributed by atoms with Crippen molar-refractivity contribution in [2.45, 2.75) is 30.9 Å². The van der Waals surface area contributed by atoms with Crippen LogP contribution < -0.4 is 11.1 Å². The van der Waals surface area contributed by atoms with Crippen molar-refractivity contribution in [2.75, 3.05) is 18.5 Å². The lowest BCUT2D eigenvalue weighted by molar-refractivity contribution is -0.0213. The zero-order valence-corrected chi connectivity index (χ0v) is 20.8. The summed E-state index contributed by atoms with van der Waals surface area (Å²) in [7, 11) is 1.80. The highest BCUT2D eigenvalue weighted by molar-refractivity contribution is 6.30. The van der Waals surface area contributed by atoms with Crippen LogP contribution in [-0.4, -0.2) is 56.1 Å². The Kier molecular flexibility index (Phi) is 7.05. The standard InChI is InChI=1S/C26H26ClFN6O3/c1-34-12-16(11-30-34)23(14-3-5-20(27)21(28)8-14)24-19-4-2-15(25(29)36)9-22(19)32-26(33-24)31-17-6-7-37-18(10-17)13-35/h2-5,8-9,11-12,17-18,23,35H,6-7,10,13H2,1H3,(H2,29,36)(H,31,32,33)/t17-,18+,23+/m1/s1. The molecular weight excluding hydrogens is 499 g/mol. The molecule has 0 bridgehead atoms. The number of carbonyl (C=O) groups excluding carboxylic acids is 1. The number of aliphatic hydroxyl groups excluding tert-OH is 1. The van der Waals surface area contributed by atoms with Gasteiger partial charge in [0, 0.05) is 42.4 Å². The fourth-order valence-corrected chi connectivity index (χ4v) is 4.82. The number of nitrogens with two attached hydrogens (primary N) is 1. The van der Waals surface area contributed by atoms with Gasteiger partial charge in [-0.3, -0.25) is 9.48 Å². The first kappa shape index (κ1) is 25.1. The van der Waals surface area contributed by atoms with Crippen LogP contribution in [0.1, 0.15) is 45.9 Å². The number of benzene rings is 2. The van der Waals surface area contributed by atoms with E-state index < -0.39 is 17.6 Å². The van der Waals surface area contributed by atoms with Gasteiger partial charge in [-0.1, -0.05) is 23.7 Å². The maximum absolute atomic E-state index is 14.6. The molecule has 3 heterocycles. The molecule has 0 spiro atoms. The molecule has 1 saturated heterocycles. The van der Waals surface area contributed by atoms with E-state index in [4.69, 9.17) is 27.1 Å². The van der Waals surface area contributed by atoms with Crippen LogP contribution in [0.4, 0.5) is 10.3 Å². The van der Waals surface area contributed by atoms with Gasteiger partial charge in [-0.05, 0) is 42.7 Å². The Bertz CT molecular complexity index is 1460. The number of rotatable bonds is 7. The van der Waals surface area contributed by atoms with Gasteiger partial charge in [-0.25, -0.2) is 14.4 Å². The summed E-state index contributed by atoms with van der Waals surface area (Å²) in [5.41, 5.74) is 8.38. The molecule has 2 aromatic heterocycles. The van der Waals surface area contributed by atoms with E-state index in [2.05, 4.69) is 15.4 Å². The van der Waals surface area contributed by atoms with Crippen molar-refractivity contribution in [3.63, 3.8) is 0 Å². The normalized spacial score (nSPS) is 18.6. The van der Waals surface area contributed by atoms with Crippen molar-refractivity contribution in [2.24, 2.45) is 12.8 Å². The fraction of sp³-hybridized carbons (Fsp3) is 0.308. The smallest absolute Gasteiger partial charge is 0.248 e. The van der Waals surface area contributed by atoms with E-state index in [1.165, 1.54) is 12.1 Å². The third kappa shape index (κ3) is 5.27. The number of primary amides is 1. The molecule has 0 radical (unpaired) electrons. The summed E-state index contributed by atoms with van der Waals surface area (Å²) in [6.07, 6.45) is 4.58. The second-order valence-electron chi connectivity index (χ2n) is 9.12. The van der Waals surface area contributed by atoms with Gasteiger partial charge in [-0.15, -0.1) is 0 Å². The lowest BCUT2D eigenvalue weighted by Crippen LogP contribution is -2.36. The summed E-state index contributed by atoms with van der Waals surface area (Å²) < 4.78 is 21.8. The van der Waals surface area contributed by atoms with Crippen molar-refractivity contribution < 1.29 is 19.0 Å². The first-order chi connectivity index (χ1) is 17.8. The summed E-state index contributed by atoms with van der Waals surface area (Å²) in [6.45, 7) is 0.423. The van der Waals surface area contributed by atoms with Gasteiger partial charge < -0.3 is 20.9 Å². The Balaban J connectivity index is 1.68. The number of halogens is 2. The Morgan fingerprint density at radius 1 is 1.30 bits per heavy atom. The number of anilines is 1. The monoisotopic (exact) mass is 524 g/mol. The third-order valence-corrected chi connectivity index (χ3v) is 6.83. The number of fused-ring (bicyclic) bond motifs is 1. The van der Waals surface area contributed by atoms with Crippen LogP contribution in [0, 0.1) is 5.82 Å². The van der Waals surface area contributed by atoms with Gasteiger partial charge in [0.25, 0.3) is 0 Å². The summed E-state index contributed by atoms with van der Waals surface area (Å²) >= 11 is 5.98. The molecule has 4 aromatic rings. The van der Waals surface area contributed by atoms with Gasteiger partial charge in [0.15, 0.2) is 0 Å². The number of hydrogen-bond acceptors (Lipinski definition) is 7. The van der Waals surface area contributed by atoms with Gasteiger partial charge in [0.2, 0.25) is 11.9 Å². The van der Waals surface area contributed by atoms with Crippen LogP contribution >= 0.6 is 11.6 Å². The molecule has 9 nitrogen and oxygen atoms in total. The maximum Gasteiger partial charge on any atom is 0.248 e. The summed E-state index contributed by atoms with van der Waals surface area (Å²) in [4.78, 5) is 21.5. The van der Waals surface area contributed by atoms with Crippen molar-refractivity contribution in [1.82, 2.24) is 19.7 Å². The Morgan fingerprint density at radius 3 is 2.84 bits per heavy atom. The van der Waals surface area contributed by atoms with Crippen LogP contribution in [0.15, 0.2) is 48.8 Å². The minimum Gasteiger partial charge on any atom is -0.394 e. The van der Waals surface area contributed by atoms with E-state index in [1.807, 2.05) is 6.20 Å².